The Hall–Kier alpha value is -5.43. The molecular formula is C42H29N3OS2. The van der Waals surface area contributed by atoms with Crippen LogP contribution in [0.25, 0.3) is 64.1 Å². The minimum atomic E-state index is 0.282. The van der Waals surface area contributed by atoms with Gasteiger partial charge in [-0.2, -0.15) is 0 Å². The van der Waals surface area contributed by atoms with Crippen LogP contribution in [-0.2, 0) is 12.8 Å². The highest BCUT2D eigenvalue weighted by atomic mass is 32.1. The SMILES string of the molecule is c1ccc2oc(-c3ccc(C(Cc4ccc(-c5nc6ccccc6s5)cc4)Cc4ccc(-c5nc6ccccc6s5)cc4)cc3)nc2c1. The summed E-state index contributed by atoms with van der Waals surface area (Å²) in [6.07, 6.45) is 1.84. The van der Waals surface area contributed by atoms with E-state index < -0.39 is 0 Å². The van der Waals surface area contributed by atoms with Gasteiger partial charge < -0.3 is 4.42 Å². The fraction of sp³-hybridized carbons (Fsp3) is 0.0714. The molecule has 0 atom stereocenters. The van der Waals surface area contributed by atoms with Crippen LogP contribution in [0.4, 0.5) is 0 Å². The molecular weight excluding hydrogens is 627 g/mol. The fourth-order valence-electron chi connectivity index (χ4n) is 6.33. The van der Waals surface area contributed by atoms with Crippen LogP contribution in [0, 0.1) is 0 Å². The van der Waals surface area contributed by atoms with Gasteiger partial charge in [-0.05, 0) is 84.0 Å². The molecule has 6 aromatic carbocycles. The summed E-state index contributed by atoms with van der Waals surface area (Å²) >= 11 is 3.48. The third-order valence-corrected chi connectivity index (χ3v) is 11.0. The van der Waals surface area contributed by atoms with Gasteiger partial charge in [-0.3, -0.25) is 0 Å². The number of oxazole rings is 1. The van der Waals surface area contributed by atoms with Gasteiger partial charge in [-0.15, -0.1) is 22.7 Å². The Labute approximate surface area is 286 Å². The van der Waals surface area contributed by atoms with E-state index in [-0.39, 0.29) is 5.92 Å². The highest BCUT2D eigenvalue weighted by Gasteiger charge is 2.17. The molecule has 0 aliphatic carbocycles. The van der Waals surface area contributed by atoms with Crippen molar-refractivity contribution in [3.63, 3.8) is 0 Å². The van der Waals surface area contributed by atoms with Crippen LogP contribution in [-0.4, -0.2) is 15.0 Å². The van der Waals surface area contributed by atoms with Gasteiger partial charge in [-0.25, -0.2) is 15.0 Å². The predicted molar refractivity (Wildman–Crippen MR) is 200 cm³/mol. The molecule has 4 nitrogen and oxygen atoms in total. The van der Waals surface area contributed by atoms with Crippen LogP contribution >= 0.6 is 22.7 Å². The molecule has 0 saturated heterocycles. The zero-order chi connectivity index (χ0) is 31.9. The number of thiazole rings is 2. The lowest BCUT2D eigenvalue weighted by atomic mass is 9.86. The van der Waals surface area contributed by atoms with E-state index in [4.69, 9.17) is 19.4 Å². The molecule has 9 rings (SSSR count). The van der Waals surface area contributed by atoms with E-state index in [0.717, 1.165) is 61.7 Å². The number of rotatable bonds is 8. The van der Waals surface area contributed by atoms with Crippen molar-refractivity contribution in [1.29, 1.82) is 0 Å². The highest BCUT2D eigenvalue weighted by Crippen LogP contribution is 2.34. The third-order valence-electron chi connectivity index (χ3n) is 8.88. The predicted octanol–water partition coefficient (Wildman–Crippen LogP) is 11.6. The van der Waals surface area contributed by atoms with Gasteiger partial charge in [0.25, 0.3) is 0 Å². The number of hydrogen-bond donors (Lipinski definition) is 0. The molecule has 0 saturated carbocycles. The fourth-order valence-corrected chi connectivity index (χ4v) is 8.27. The average Bonchev–Trinajstić information content (AvgIpc) is 3.89. The Morgan fingerprint density at radius 1 is 0.458 bits per heavy atom. The van der Waals surface area contributed by atoms with Gasteiger partial charge in [0.15, 0.2) is 5.58 Å². The number of hydrogen-bond acceptors (Lipinski definition) is 6. The maximum absolute atomic E-state index is 6.06. The van der Waals surface area contributed by atoms with E-state index in [1.165, 1.54) is 26.1 Å². The summed E-state index contributed by atoms with van der Waals surface area (Å²) in [7, 11) is 0. The zero-order valence-electron chi connectivity index (χ0n) is 25.9. The first kappa shape index (κ1) is 28.8. The number of para-hydroxylation sites is 4. The van der Waals surface area contributed by atoms with E-state index in [1.54, 1.807) is 22.7 Å². The molecule has 9 aromatic rings. The van der Waals surface area contributed by atoms with Crippen molar-refractivity contribution in [2.24, 2.45) is 0 Å². The second-order valence-electron chi connectivity index (χ2n) is 12.1. The van der Waals surface area contributed by atoms with E-state index in [9.17, 15) is 0 Å². The molecule has 230 valence electrons. The van der Waals surface area contributed by atoms with E-state index in [1.807, 2.05) is 36.4 Å². The van der Waals surface area contributed by atoms with Gasteiger partial charge in [-0.1, -0.05) is 97.1 Å². The lowest BCUT2D eigenvalue weighted by molar-refractivity contribution is 0.619. The van der Waals surface area contributed by atoms with Gasteiger partial charge >= 0.3 is 0 Å². The van der Waals surface area contributed by atoms with Crippen molar-refractivity contribution in [2.45, 2.75) is 18.8 Å². The van der Waals surface area contributed by atoms with Crippen LogP contribution in [0.2, 0.25) is 0 Å². The lowest BCUT2D eigenvalue weighted by Gasteiger charge is -2.19. The van der Waals surface area contributed by atoms with Crippen molar-refractivity contribution < 1.29 is 4.42 Å². The maximum atomic E-state index is 6.06. The van der Waals surface area contributed by atoms with Crippen LogP contribution in [0.1, 0.15) is 22.6 Å². The van der Waals surface area contributed by atoms with Crippen molar-refractivity contribution >= 4 is 54.2 Å². The van der Waals surface area contributed by atoms with Gasteiger partial charge in [0.1, 0.15) is 15.5 Å². The average molecular weight is 656 g/mol. The number of nitrogens with zero attached hydrogens (tertiary/aromatic N) is 3. The second kappa shape index (κ2) is 12.3. The molecule has 0 radical (unpaired) electrons. The first-order chi connectivity index (χ1) is 23.7. The Morgan fingerprint density at radius 3 is 1.46 bits per heavy atom. The Balaban J connectivity index is 1.00. The molecule has 0 unspecified atom stereocenters. The van der Waals surface area contributed by atoms with Crippen LogP contribution in [0.15, 0.2) is 150 Å². The summed E-state index contributed by atoms with van der Waals surface area (Å²) < 4.78 is 8.49. The monoisotopic (exact) mass is 655 g/mol. The van der Waals surface area contributed by atoms with Crippen LogP contribution < -0.4 is 0 Å². The molecule has 0 N–H and O–H groups in total. The molecule has 0 bridgehead atoms. The smallest absolute Gasteiger partial charge is 0.227 e. The first-order valence-corrected chi connectivity index (χ1v) is 17.7. The van der Waals surface area contributed by atoms with Crippen LogP contribution in [0.3, 0.4) is 0 Å². The lowest BCUT2D eigenvalue weighted by Crippen LogP contribution is -2.07. The largest absolute Gasteiger partial charge is 0.436 e. The Bertz CT molecular complexity index is 2290. The molecule has 3 aromatic heterocycles. The molecule has 48 heavy (non-hydrogen) atoms. The standard InChI is InChI=1S/C42H29N3OS2/c1-4-10-37-34(7-1)43-40(46-37)30-23-21-29(22-24-30)33(25-27-13-17-31(18-14-27)41-44-35-8-2-5-11-38(35)47-41)26-28-15-19-32(20-16-28)42-45-36-9-3-6-12-39(36)48-42/h1-24,33H,25-26H2. The normalized spacial score (nSPS) is 11.7. The molecule has 0 aliphatic heterocycles. The second-order valence-corrected chi connectivity index (χ2v) is 14.1. The van der Waals surface area contributed by atoms with Gasteiger partial charge in [0, 0.05) is 16.7 Å². The number of benzene rings is 6. The van der Waals surface area contributed by atoms with E-state index in [0.29, 0.717) is 5.89 Å². The highest BCUT2D eigenvalue weighted by molar-refractivity contribution is 7.22. The minimum Gasteiger partial charge on any atom is -0.436 e. The summed E-state index contributed by atoms with van der Waals surface area (Å²) in [5.41, 5.74) is 11.0. The summed E-state index contributed by atoms with van der Waals surface area (Å²) in [4.78, 5) is 14.4. The zero-order valence-corrected chi connectivity index (χ0v) is 27.5. The van der Waals surface area contributed by atoms with Crippen LogP contribution in [0.5, 0.6) is 0 Å². The third kappa shape index (κ3) is 5.70. The van der Waals surface area contributed by atoms with Gasteiger partial charge in [0.05, 0.1) is 20.4 Å². The molecule has 0 fully saturated rings. The van der Waals surface area contributed by atoms with Crippen molar-refractivity contribution in [3.8, 4) is 32.6 Å². The quantitative estimate of drug-likeness (QED) is 0.163. The molecule has 0 amide bonds. The molecule has 0 aliphatic rings. The summed E-state index contributed by atoms with van der Waals surface area (Å²) in [5, 5.41) is 2.12. The topological polar surface area (TPSA) is 51.8 Å². The molecule has 0 spiro atoms. The number of aromatic nitrogens is 3. The van der Waals surface area contributed by atoms with Crippen molar-refractivity contribution in [2.75, 3.05) is 0 Å². The molecule has 6 heteroatoms. The van der Waals surface area contributed by atoms with Crippen molar-refractivity contribution in [3.05, 3.63) is 162 Å². The molecule has 3 heterocycles. The Morgan fingerprint density at radius 2 is 0.938 bits per heavy atom. The minimum absolute atomic E-state index is 0.282. The van der Waals surface area contributed by atoms with E-state index in [2.05, 4.69) is 109 Å². The Kier molecular flexibility index (Phi) is 7.37. The van der Waals surface area contributed by atoms with Crippen molar-refractivity contribution in [1.82, 2.24) is 15.0 Å². The number of fused-ring (bicyclic) bond motifs is 3. The summed E-state index contributed by atoms with van der Waals surface area (Å²) in [5.74, 6) is 0.930. The maximum Gasteiger partial charge on any atom is 0.227 e. The van der Waals surface area contributed by atoms with Gasteiger partial charge in [0.2, 0.25) is 5.89 Å². The van der Waals surface area contributed by atoms with E-state index >= 15 is 0 Å². The first-order valence-electron chi connectivity index (χ1n) is 16.1. The summed E-state index contributed by atoms with van der Waals surface area (Å²) in [6, 6.07) is 51.2. The summed E-state index contributed by atoms with van der Waals surface area (Å²) in [6.45, 7) is 0.